The first-order chi connectivity index (χ1) is 25.7. The Hall–Kier alpha value is -7.08. The molecule has 0 unspecified atom stereocenters. The van der Waals surface area contributed by atoms with E-state index in [4.69, 9.17) is 0 Å². The van der Waals surface area contributed by atoms with Gasteiger partial charge >= 0.3 is 0 Å². The first kappa shape index (κ1) is 30.9. The average molecular weight is 681 g/mol. The van der Waals surface area contributed by atoms with Crippen molar-refractivity contribution in [2.24, 2.45) is 0 Å². The molecule has 0 atom stereocenters. The molecular formula is C40H32N12+4. The van der Waals surface area contributed by atoms with E-state index in [2.05, 4.69) is 108 Å². The third-order valence-electron chi connectivity index (χ3n) is 9.06. The number of benzene rings is 2. The van der Waals surface area contributed by atoms with E-state index in [1.54, 1.807) is 0 Å². The molecule has 0 radical (unpaired) electrons. The molecule has 22 aliphatic rings. The summed E-state index contributed by atoms with van der Waals surface area (Å²) in [6.07, 6.45) is 16.2. The Morgan fingerprint density at radius 2 is 0.423 bits per heavy atom. The van der Waals surface area contributed by atoms with Gasteiger partial charge in [-0.05, 0) is 0 Å². The summed E-state index contributed by atoms with van der Waals surface area (Å²) in [5, 5.41) is 35.0. The van der Waals surface area contributed by atoms with Crippen LogP contribution in [0.1, 0.15) is 22.3 Å². The van der Waals surface area contributed by atoms with E-state index < -0.39 is 0 Å². The van der Waals surface area contributed by atoms with Gasteiger partial charge in [0.2, 0.25) is 23.3 Å². The highest BCUT2D eigenvalue weighted by Crippen LogP contribution is 2.17. The number of aromatic nitrogens is 12. The van der Waals surface area contributed by atoms with Crippen LogP contribution in [0.25, 0.3) is 45.6 Å². The summed E-state index contributed by atoms with van der Waals surface area (Å²) in [4.78, 5) is 0. The molecule has 6 aromatic heterocycles. The molecule has 2 aromatic carbocycles. The number of rotatable bonds is 0. The highest BCUT2D eigenvalue weighted by Gasteiger charge is 2.14. The molecular weight excluding hydrogens is 649 g/mol. The van der Waals surface area contributed by atoms with Gasteiger partial charge in [0.25, 0.3) is 0 Å². The van der Waals surface area contributed by atoms with Gasteiger partial charge in [-0.2, -0.15) is 0 Å². The zero-order chi connectivity index (χ0) is 34.7. The highest BCUT2D eigenvalue weighted by molar-refractivity contribution is 5.56. The highest BCUT2D eigenvalue weighted by atomic mass is 15.3. The minimum Gasteiger partial charge on any atom is -0.201 e. The van der Waals surface area contributed by atoms with Crippen molar-refractivity contribution in [3.8, 4) is 45.6 Å². The second-order valence-electron chi connectivity index (χ2n) is 12.8. The third-order valence-corrected chi connectivity index (χ3v) is 9.06. The van der Waals surface area contributed by atoms with E-state index in [-0.39, 0.29) is 0 Å². The van der Waals surface area contributed by atoms with Crippen molar-refractivity contribution in [2.45, 2.75) is 26.2 Å². The molecule has 248 valence electrons. The maximum Gasteiger partial charge on any atom is 0.204 e. The lowest BCUT2D eigenvalue weighted by Gasteiger charge is -2.04. The molecule has 0 N–H and O–H groups in total. The van der Waals surface area contributed by atoms with Crippen LogP contribution in [0.5, 0.6) is 0 Å². The lowest BCUT2D eigenvalue weighted by atomic mass is 10.1. The SMILES string of the molecule is c1cc2ccc1C[n+]1ccc(cc1)-c1nnc(nn1)-c1cc[n+](cc1)Cc1ccc(cc1)C[n+]1ccc(cc1)-c1nnc(nn1)-c1cc[n+](cc1)C2. The summed E-state index contributed by atoms with van der Waals surface area (Å²) in [7, 11) is 0. The van der Waals surface area contributed by atoms with Gasteiger partial charge in [0.05, 0.1) is 0 Å². The topological polar surface area (TPSA) is 119 Å². The molecule has 0 spiro atoms. The van der Waals surface area contributed by atoms with E-state index in [1.165, 1.54) is 22.3 Å². The standard InChI is InChI=1S/C40H32N12/c1-2-30-4-3-29(1)25-49-17-9-33(10-18-49)37-41-45-39(46-42-37)35-13-21-51(22-14-35)27-31-5-7-32(8-6-31)28-52-23-15-36(16-24-52)40-47-43-38(44-48-40)34-11-19-50(26-30)20-12-34/h1-24H,25-28H2/q+4. The summed E-state index contributed by atoms with van der Waals surface area (Å²) in [5.74, 6) is 1.94. The number of nitrogens with zero attached hydrogens (tertiary/aromatic N) is 12. The Kier molecular flexibility index (Phi) is 8.14. The Labute approximate surface area is 299 Å². The van der Waals surface area contributed by atoms with Crippen LogP contribution >= 0.6 is 0 Å². The molecule has 16 bridgehead atoms. The van der Waals surface area contributed by atoms with Gasteiger partial charge in [-0.1, -0.05) is 48.5 Å². The van der Waals surface area contributed by atoms with Crippen LogP contribution in [0, 0.1) is 0 Å². The summed E-state index contributed by atoms with van der Waals surface area (Å²) < 4.78 is 8.49. The van der Waals surface area contributed by atoms with Gasteiger partial charge in [0.1, 0.15) is 0 Å². The van der Waals surface area contributed by atoms with E-state index in [1.807, 2.05) is 98.1 Å². The Morgan fingerprint density at radius 3 is 0.596 bits per heavy atom. The van der Waals surface area contributed by atoms with Crippen molar-refractivity contribution in [1.29, 1.82) is 0 Å². The van der Waals surface area contributed by atoms with Crippen LogP contribution in [0.15, 0.2) is 147 Å². The molecule has 0 aliphatic carbocycles. The second kappa shape index (κ2) is 13.7. The van der Waals surface area contributed by atoms with Crippen LogP contribution < -0.4 is 18.3 Å². The van der Waals surface area contributed by atoms with Crippen LogP contribution in [-0.2, 0) is 26.2 Å². The van der Waals surface area contributed by atoms with Crippen molar-refractivity contribution >= 4 is 0 Å². The van der Waals surface area contributed by atoms with Crippen LogP contribution in [0.4, 0.5) is 0 Å². The summed E-state index contributed by atoms with van der Waals surface area (Å²) >= 11 is 0. The Morgan fingerprint density at radius 1 is 0.250 bits per heavy atom. The maximum atomic E-state index is 4.38. The summed E-state index contributed by atoms with van der Waals surface area (Å²) in [6.45, 7) is 2.96. The number of hydrogen-bond donors (Lipinski definition) is 0. The molecule has 8 aromatic rings. The smallest absolute Gasteiger partial charge is 0.201 e. The van der Waals surface area contributed by atoms with Crippen molar-refractivity contribution in [3.63, 3.8) is 0 Å². The summed E-state index contributed by atoms with van der Waals surface area (Å²) in [6, 6.07) is 33.2. The van der Waals surface area contributed by atoms with Crippen molar-refractivity contribution in [2.75, 3.05) is 0 Å². The van der Waals surface area contributed by atoms with Gasteiger partial charge in [-0.15, -0.1) is 40.8 Å². The average Bonchev–Trinajstić information content (AvgIpc) is 3.21. The summed E-state index contributed by atoms with van der Waals surface area (Å²) in [5.41, 5.74) is 8.22. The number of pyridine rings is 4. The van der Waals surface area contributed by atoms with E-state index in [9.17, 15) is 0 Å². The molecule has 52 heavy (non-hydrogen) atoms. The van der Waals surface area contributed by atoms with Gasteiger partial charge in [0.15, 0.2) is 75.8 Å². The van der Waals surface area contributed by atoms with Crippen LogP contribution in [0.3, 0.4) is 0 Å². The van der Waals surface area contributed by atoms with E-state index in [0.29, 0.717) is 23.3 Å². The Balaban J connectivity index is 0.985. The molecule has 28 heterocycles. The minimum atomic E-state index is 0.484. The van der Waals surface area contributed by atoms with Gasteiger partial charge < -0.3 is 0 Å². The minimum absolute atomic E-state index is 0.484. The van der Waals surface area contributed by atoms with Crippen molar-refractivity contribution < 1.29 is 18.3 Å². The van der Waals surface area contributed by atoms with Crippen molar-refractivity contribution in [3.05, 3.63) is 169 Å². The monoisotopic (exact) mass is 680 g/mol. The largest absolute Gasteiger partial charge is 0.204 e. The predicted octanol–water partition coefficient (Wildman–Crippen LogP) is 3.17. The molecule has 12 heteroatoms. The molecule has 0 saturated carbocycles. The fourth-order valence-corrected chi connectivity index (χ4v) is 6.11. The van der Waals surface area contributed by atoms with Gasteiger partial charge in [-0.25, -0.2) is 18.3 Å². The van der Waals surface area contributed by atoms with E-state index in [0.717, 1.165) is 48.4 Å². The fraction of sp³-hybridized carbons (Fsp3) is 0.100. The molecule has 0 amide bonds. The zero-order valence-electron chi connectivity index (χ0n) is 28.1. The molecule has 0 fully saturated rings. The number of hydrogen-bond acceptors (Lipinski definition) is 8. The first-order valence-corrected chi connectivity index (χ1v) is 17.0. The van der Waals surface area contributed by atoms with Crippen LogP contribution in [-0.4, -0.2) is 40.8 Å². The Bertz CT molecular complexity index is 2080. The molecule has 12 nitrogen and oxygen atoms in total. The first-order valence-electron chi connectivity index (χ1n) is 17.0. The normalized spacial score (nSPS) is 12.3. The maximum absolute atomic E-state index is 4.38. The molecule has 22 aliphatic heterocycles. The molecule has 30 rings (SSSR count). The zero-order valence-corrected chi connectivity index (χ0v) is 28.1. The lowest BCUT2D eigenvalue weighted by molar-refractivity contribution is -0.688. The fourth-order valence-electron chi connectivity index (χ4n) is 6.11. The second-order valence-corrected chi connectivity index (χ2v) is 12.8. The van der Waals surface area contributed by atoms with E-state index >= 15 is 0 Å². The predicted molar refractivity (Wildman–Crippen MR) is 187 cm³/mol. The van der Waals surface area contributed by atoms with Gasteiger partial charge in [-0.3, -0.25) is 0 Å². The van der Waals surface area contributed by atoms with Crippen LogP contribution in [0.2, 0.25) is 0 Å². The molecule has 0 saturated heterocycles. The van der Waals surface area contributed by atoms with Gasteiger partial charge in [0, 0.05) is 93.0 Å². The van der Waals surface area contributed by atoms with Crippen molar-refractivity contribution in [1.82, 2.24) is 40.8 Å². The third kappa shape index (κ3) is 6.85. The lowest BCUT2D eigenvalue weighted by Crippen LogP contribution is -2.34. The quantitative estimate of drug-likeness (QED) is 0.224.